The summed E-state index contributed by atoms with van der Waals surface area (Å²) >= 11 is 0. The first-order valence-corrected chi connectivity index (χ1v) is 6.48. The number of hydrogen-bond acceptors (Lipinski definition) is 3. The minimum Gasteiger partial charge on any atom is -0.330 e. The van der Waals surface area contributed by atoms with E-state index in [0.717, 1.165) is 22.9 Å². The Morgan fingerprint density at radius 1 is 1.10 bits per heavy atom. The van der Waals surface area contributed by atoms with Crippen LogP contribution in [-0.2, 0) is 16.0 Å². The molecule has 0 amide bonds. The largest absolute Gasteiger partial charge is 0.330 e. The lowest BCUT2D eigenvalue weighted by Gasteiger charge is -2.09. The van der Waals surface area contributed by atoms with Gasteiger partial charge in [0.1, 0.15) is 0 Å². The van der Waals surface area contributed by atoms with Gasteiger partial charge in [-0.05, 0) is 36.7 Å². The molecule has 4 heteroatoms. The summed E-state index contributed by atoms with van der Waals surface area (Å²) in [5, 5.41) is 1.06. The third-order valence-electron chi connectivity index (χ3n) is 3.40. The lowest BCUT2D eigenvalue weighted by atomic mass is 10.1. The Morgan fingerprint density at radius 3 is 2.70 bits per heavy atom. The second-order valence-corrected chi connectivity index (χ2v) is 4.71. The number of benzene rings is 1. The van der Waals surface area contributed by atoms with Crippen molar-refractivity contribution in [3.63, 3.8) is 0 Å². The minimum absolute atomic E-state index is 0.162. The summed E-state index contributed by atoms with van der Waals surface area (Å²) in [6.45, 7) is 0.542. The molecule has 0 radical (unpaired) electrons. The molecule has 0 saturated carbocycles. The van der Waals surface area contributed by atoms with E-state index >= 15 is 0 Å². The van der Waals surface area contributed by atoms with Crippen molar-refractivity contribution in [2.45, 2.75) is 6.42 Å². The van der Waals surface area contributed by atoms with Gasteiger partial charge in [-0.1, -0.05) is 18.2 Å². The maximum Gasteiger partial charge on any atom is 0.202 e. The van der Waals surface area contributed by atoms with Gasteiger partial charge in [0.15, 0.2) is 5.78 Å². The molecule has 1 heterocycles. The summed E-state index contributed by atoms with van der Waals surface area (Å²) in [5.74, 6) is -0.331. The SMILES string of the molecule is NCCc1cn(C2=CC(=O)C=CC2=O)c2ccccc12. The van der Waals surface area contributed by atoms with Gasteiger partial charge < -0.3 is 10.3 Å². The van der Waals surface area contributed by atoms with Crippen molar-refractivity contribution >= 4 is 28.2 Å². The van der Waals surface area contributed by atoms with Crippen molar-refractivity contribution in [3.8, 4) is 0 Å². The van der Waals surface area contributed by atoms with Gasteiger partial charge in [-0.25, -0.2) is 0 Å². The Morgan fingerprint density at radius 2 is 1.90 bits per heavy atom. The third kappa shape index (κ3) is 2.00. The topological polar surface area (TPSA) is 65.1 Å². The summed E-state index contributed by atoms with van der Waals surface area (Å²) in [6.07, 6.45) is 6.61. The molecule has 2 aromatic rings. The monoisotopic (exact) mass is 266 g/mol. The van der Waals surface area contributed by atoms with Crippen LogP contribution in [-0.4, -0.2) is 22.7 Å². The van der Waals surface area contributed by atoms with Crippen LogP contribution in [0.25, 0.3) is 16.6 Å². The molecule has 1 aliphatic rings. The second kappa shape index (κ2) is 4.90. The van der Waals surface area contributed by atoms with Crippen LogP contribution < -0.4 is 5.73 Å². The first kappa shape index (κ1) is 12.6. The van der Waals surface area contributed by atoms with Gasteiger partial charge in [0.2, 0.25) is 5.78 Å². The van der Waals surface area contributed by atoms with Crippen molar-refractivity contribution in [2.24, 2.45) is 5.73 Å². The van der Waals surface area contributed by atoms with Gasteiger partial charge in [0.25, 0.3) is 0 Å². The zero-order valence-corrected chi connectivity index (χ0v) is 10.9. The summed E-state index contributed by atoms with van der Waals surface area (Å²) in [7, 11) is 0. The first-order valence-electron chi connectivity index (χ1n) is 6.48. The molecular formula is C16H14N2O2. The highest BCUT2D eigenvalue weighted by molar-refractivity contribution is 6.30. The van der Waals surface area contributed by atoms with Gasteiger partial charge >= 0.3 is 0 Å². The zero-order chi connectivity index (χ0) is 14.1. The van der Waals surface area contributed by atoms with Crippen molar-refractivity contribution < 1.29 is 9.59 Å². The molecule has 0 unspecified atom stereocenters. The molecule has 2 N–H and O–H groups in total. The molecule has 100 valence electrons. The predicted octanol–water partition coefficient (Wildman–Crippen LogP) is 1.69. The number of aromatic nitrogens is 1. The van der Waals surface area contributed by atoms with Crippen LogP contribution in [0.2, 0.25) is 0 Å². The van der Waals surface area contributed by atoms with Gasteiger partial charge in [-0.3, -0.25) is 9.59 Å². The summed E-state index contributed by atoms with van der Waals surface area (Å²) in [6, 6.07) is 7.81. The van der Waals surface area contributed by atoms with E-state index in [0.29, 0.717) is 12.2 Å². The Balaban J connectivity index is 2.21. The number of carbonyl (C=O) groups excluding carboxylic acids is 2. The van der Waals surface area contributed by atoms with Gasteiger partial charge in [0.05, 0.1) is 11.2 Å². The number of rotatable bonds is 3. The molecule has 0 atom stereocenters. The lowest BCUT2D eigenvalue weighted by Crippen LogP contribution is -2.11. The Kier molecular flexibility index (Phi) is 3.08. The first-order chi connectivity index (χ1) is 9.70. The summed E-state index contributed by atoms with van der Waals surface area (Å²) < 4.78 is 1.78. The van der Waals surface area contributed by atoms with Crippen molar-refractivity contribution in [1.82, 2.24) is 4.57 Å². The highest BCUT2D eigenvalue weighted by atomic mass is 16.1. The maximum atomic E-state index is 12.0. The number of hydrogen-bond donors (Lipinski definition) is 1. The van der Waals surface area contributed by atoms with E-state index in [2.05, 4.69) is 0 Å². The smallest absolute Gasteiger partial charge is 0.202 e. The Hall–Kier alpha value is -2.46. The maximum absolute atomic E-state index is 12.0. The van der Waals surface area contributed by atoms with Crippen LogP contribution in [0, 0.1) is 0 Å². The average molecular weight is 266 g/mol. The number of nitrogens with two attached hydrogens (primary N) is 1. The molecular weight excluding hydrogens is 252 g/mol. The van der Waals surface area contributed by atoms with Crippen LogP contribution in [0.1, 0.15) is 5.56 Å². The molecule has 1 aromatic heterocycles. The van der Waals surface area contributed by atoms with Crippen LogP contribution in [0.5, 0.6) is 0 Å². The Labute approximate surface area is 116 Å². The standard InChI is InChI=1S/C16H14N2O2/c17-8-7-11-10-18(14-4-2-1-3-13(11)14)15-9-12(19)5-6-16(15)20/h1-6,9-10H,7-8,17H2. The van der Waals surface area contributed by atoms with Gasteiger partial charge in [0, 0.05) is 17.7 Å². The highest BCUT2D eigenvalue weighted by Crippen LogP contribution is 2.26. The number of nitrogens with zero attached hydrogens (tertiary/aromatic N) is 1. The van der Waals surface area contributed by atoms with Crippen molar-refractivity contribution in [3.05, 3.63) is 54.3 Å². The molecule has 0 bridgehead atoms. The van der Waals surface area contributed by atoms with Gasteiger partial charge in [-0.2, -0.15) is 0 Å². The predicted molar refractivity (Wildman–Crippen MR) is 78.1 cm³/mol. The van der Waals surface area contributed by atoms with Crippen LogP contribution in [0.4, 0.5) is 0 Å². The number of ketones is 2. The molecule has 20 heavy (non-hydrogen) atoms. The van der Waals surface area contributed by atoms with Crippen molar-refractivity contribution in [1.29, 1.82) is 0 Å². The molecule has 0 spiro atoms. The molecule has 0 fully saturated rings. The average Bonchev–Trinajstić information content (AvgIpc) is 2.81. The minimum atomic E-state index is -0.169. The van der Waals surface area contributed by atoms with Gasteiger partial charge in [-0.15, -0.1) is 0 Å². The summed E-state index contributed by atoms with van der Waals surface area (Å²) in [4.78, 5) is 23.5. The van der Waals surface area contributed by atoms with E-state index in [1.54, 1.807) is 4.57 Å². The third-order valence-corrected chi connectivity index (χ3v) is 3.40. The normalized spacial score (nSPS) is 14.9. The fourth-order valence-corrected chi connectivity index (χ4v) is 2.49. The number of allylic oxidation sites excluding steroid dienone is 4. The van der Waals surface area contributed by atoms with E-state index in [1.165, 1.54) is 18.2 Å². The van der Waals surface area contributed by atoms with E-state index in [4.69, 9.17) is 5.73 Å². The fraction of sp³-hybridized carbons (Fsp3) is 0.125. The number of carbonyl (C=O) groups is 2. The van der Waals surface area contributed by atoms with E-state index in [1.807, 2.05) is 30.5 Å². The molecule has 0 saturated heterocycles. The quantitative estimate of drug-likeness (QED) is 0.860. The van der Waals surface area contributed by atoms with Crippen LogP contribution >= 0.6 is 0 Å². The molecule has 4 nitrogen and oxygen atoms in total. The second-order valence-electron chi connectivity index (χ2n) is 4.71. The van der Waals surface area contributed by atoms with Crippen molar-refractivity contribution in [2.75, 3.05) is 6.54 Å². The molecule has 1 aliphatic carbocycles. The Bertz CT molecular complexity index is 766. The molecule has 0 aliphatic heterocycles. The lowest BCUT2D eigenvalue weighted by molar-refractivity contribution is -0.113. The number of fused-ring (bicyclic) bond motifs is 1. The van der Waals surface area contributed by atoms with E-state index in [9.17, 15) is 9.59 Å². The van der Waals surface area contributed by atoms with E-state index < -0.39 is 0 Å². The van der Waals surface area contributed by atoms with E-state index in [-0.39, 0.29) is 11.6 Å². The molecule has 1 aromatic carbocycles. The molecule has 3 rings (SSSR count). The number of para-hydroxylation sites is 1. The van der Waals surface area contributed by atoms with Crippen LogP contribution in [0.3, 0.4) is 0 Å². The zero-order valence-electron chi connectivity index (χ0n) is 10.9. The highest BCUT2D eigenvalue weighted by Gasteiger charge is 2.18. The van der Waals surface area contributed by atoms with Crippen LogP contribution in [0.15, 0.2) is 48.7 Å². The fourth-order valence-electron chi connectivity index (χ4n) is 2.49. The summed E-state index contributed by atoms with van der Waals surface area (Å²) in [5.41, 5.74) is 8.02.